The lowest BCUT2D eigenvalue weighted by Gasteiger charge is -2.24. The fraction of sp³-hybridized carbons (Fsp3) is 0.364. The molecule has 30 heavy (non-hydrogen) atoms. The maximum Gasteiger partial charge on any atom is 0.261 e. The largest absolute Gasteiger partial charge is 0.493 e. The van der Waals surface area contributed by atoms with Crippen molar-refractivity contribution in [2.45, 2.75) is 20.3 Å². The van der Waals surface area contributed by atoms with E-state index in [2.05, 4.69) is 20.0 Å². The second-order valence-corrected chi connectivity index (χ2v) is 7.08. The second kappa shape index (κ2) is 8.94. The number of aromatic nitrogens is 3. The van der Waals surface area contributed by atoms with Crippen LogP contribution in [0.25, 0.3) is 11.5 Å². The van der Waals surface area contributed by atoms with Crippen molar-refractivity contribution >= 4 is 11.7 Å². The van der Waals surface area contributed by atoms with Crippen LogP contribution >= 0.6 is 0 Å². The van der Waals surface area contributed by atoms with Gasteiger partial charge in [0.25, 0.3) is 11.8 Å². The van der Waals surface area contributed by atoms with Gasteiger partial charge in [0.05, 0.1) is 17.7 Å². The number of amides is 1. The lowest BCUT2D eigenvalue weighted by atomic mass is 10.1. The minimum absolute atomic E-state index is 0.00493. The Morgan fingerprint density at radius 3 is 2.80 bits per heavy atom. The van der Waals surface area contributed by atoms with Gasteiger partial charge in [0.1, 0.15) is 11.6 Å². The lowest BCUT2D eigenvalue weighted by molar-refractivity contribution is 0.0763. The average Bonchev–Trinajstić information content (AvgIpc) is 3.06. The van der Waals surface area contributed by atoms with Crippen LogP contribution < -0.4 is 9.64 Å². The Balaban J connectivity index is 1.53. The highest BCUT2D eigenvalue weighted by Gasteiger charge is 2.25. The molecule has 0 spiro atoms. The number of carbonyl (C=O) groups excluding carboxylic acids is 1. The zero-order chi connectivity index (χ0) is 20.9. The summed E-state index contributed by atoms with van der Waals surface area (Å²) in [6, 6.07) is 11.2. The van der Waals surface area contributed by atoms with E-state index in [4.69, 9.17) is 9.26 Å². The third-order valence-electron chi connectivity index (χ3n) is 5.04. The first kappa shape index (κ1) is 19.9. The molecule has 0 atom stereocenters. The highest BCUT2D eigenvalue weighted by atomic mass is 16.5. The van der Waals surface area contributed by atoms with E-state index < -0.39 is 0 Å². The quantitative estimate of drug-likeness (QED) is 0.642. The average molecular weight is 407 g/mol. The van der Waals surface area contributed by atoms with E-state index in [9.17, 15) is 4.79 Å². The van der Waals surface area contributed by atoms with Crippen LogP contribution in [0.1, 0.15) is 29.5 Å². The Morgan fingerprint density at radius 1 is 1.13 bits per heavy atom. The van der Waals surface area contributed by atoms with E-state index in [1.807, 2.05) is 48.2 Å². The van der Waals surface area contributed by atoms with Crippen LogP contribution in [0, 0.1) is 6.92 Å². The van der Waals surface area contributed by atoms with Gasteiger partial charge in [0.15, 0.2) is 5.82 Å². The topological polar surface area (TPSA) is 84.6 Å². The number of nitrogens with zero attached hydrogens (tertiary/aromatic N) is 5. The minimum Gasteiger partial charge on any atom is -0.493 e. The Labute approximate surface area is 175 Å². The number of rotatable bonds is 5. The van der Waals surface area contributed by atoms with Crippen LogP contribution in [0.4, 0.5) is 5.82 Å². The summed E-state index contributed by atoms with van der Waals surface area (Å²) >= 11 is 0. The van der Waals surface area contributed by atoms with Gasteiger partial charge in [-0.3, -0.25) is 4.79 Å². The molecule has 0 bridgehead atoms. The molecule has 3 heterocycles. The van der Waals surface area contributed by atoms with Crippen LogP contribution in [0.15, 0.2) is 47.1 Å². The number of aryl methyl sites for hydroxylation is 1. The van der Waals surface area contributed by atoms with Crippen molar-refractivity contribution in [2.24, 2.45) is 0 Å². The highest BCUT2D eigenvalue weighted by Crippen LogP contribution is 2.28. The lowest BCUT2D eigenvalue weighted by Crippen LogP contribution is -2.35. The van der Waals surface area contributed by atoms with Crippen molar-refractivity contribution in [3.8, 4) is 17.2 Å². The third kappa shape index (κ3) is 4.12. The van der Waals surface area contributed by atoms with Crippen LogP contribution in [0.5, 0.6) is 5.75 Å². The molecule has 1 aliphatic heterocycles. The van der Waals surface area contributed by atoms with Crippen molar-refractivity contribution in [3.05, 3.63) is 54.0 Å². The fourth-order valence-electron chi connectivity index (χ4n) is 3.65. The van der Waals surface area contributed by atoms with Crippen molar-refractivity contribution in [2.75, 3.05) is 37.7 Å². The molecule has 1 fully saturated rings. The van der Waals surface area contributed by atoms with Crippen molar-refractivity contribution in [1.82, 2.24) is 20.0 Å². The molecule has 4 rings (SSSR count). The van der Waals surface area contributed by atoms with Gasteiger partial charge in [-0.1, -0.05) is 17.3 Å². The van der Waals surface area contributed by atoms with Crippen molar-refractivity contribution in [3.63, 3.8) is 0 Å². The third-order valence-corrected chi connectivity index (χ3v) is 5.04. The first-order valence-electron chi connectivity index (χ1n) is 10.2. The second-order valence-electron chi connectivity index (χ2n) is 7.08. The molecule has 2 aromatic heterocycles. The van der Waals surface area contributed by atoms with E-state index in [-0.39, 0.29) is 5.91 Å². The molecule has 8 nitrogen and oxygen atoms in total. The smallest absolute Gasteiger partial charge is 0.261 e. The summed E-state index contributed by atoms with van der Waals surface area (Å²) < 4.78 is 11.0. The number of pyridine rings is 1. The maximum atomic E-state index is 13.2. The Kier molecular flexibility index (Phi) is 5.92. The number of benzene rings is 1. The Hall–Kier alpha value is -3.42. The normalized spacial score (nSPS) is 14.5. The zero-order valence-electron chi connectivity index (χ0n) is 17.2. The molecule has 0 aliphatic carbocycles. The van der Waals surface area contributed by atoms with Gasteiger partial charge in [0.2, 0.25) is 0 Å². The van der Waals surface area contributed by atoms with Gasteiger partial charge in [-0.25, -0.2) is 4.98 Å². The van der Waals surface area contributed by atoms with Gasteiger partial charge in [0, 0.05) is 32.4 Å². The monoisotopic (exact) mass is 407 g/mol. The molecular weight excluding hydrogens is 382 g/mol. The first-order valence-corrected chi connectivity index (χ1v) is 10.2. The minimum atomic E-state index is -0.00493. The first-order chi connectivity index (χ1) is 14.7. The molecule has 0 saturated carbocycles. The van der Waals surface area contributed by atoms with Crippen LogP contribution in [0.2, 0.25) is 0 Å². The van der Waals surface area contributed by atoms with Gasteiger partial charge in [-0.05, 0) is 44.5 Å². The summed E-state index contributed by atoms with van der Waals surface area (Å²) in [5.41, 5.74) is 1.41. The van der Waals surface area contributed by atoms with Crippen LogP contribution in [0.3, 0.4) is 0 Å². The number of anilines is 1. The van der Waals surface area contributed by atoms with Crippen molar-refractivity contribution < 1.29 is 14.1 Å². The molecule has 1 aromatic carbocycles. The van der Waals surface area contributed by atoms with Gasteiger partial charge >= 0.3 is 0 Å². The number of hydrogen-bond donors (Lipinski definition) is 0. The molecule has 1 saturated heterocycles. The number of ether oxygens (including phenoxy) is 1. The fourth-order valence-corrected chi connectivity index (χ4v) is 3.65. The standard InChI is InChI=1S/C22H25N5O3/c1-3-29-19-10-5-4-8-17(19)22(28)27-13-7-12-26(14-15-27)20-18(9-6-11-23-20)21-24-16(2)25-30-21/h4-6,8-11H,3,7,12-15H2,1-2H3. The molecule has 0 unspecified atom stereocenters. The molecular formula is C22H25N5O3. The zero-order valence-corrected chi connectivity index (χ0v) is 17.2. The van der Waals surface area contributed by atoms with E-state index in [1.165, 1.54) is 0 Å². The predicted molar refractivity (Wildman–Crippen MR) is 113 cm³/mol. The van der Waals surface area contributed by atoms with E-state index >= 15 is 0 Å². The summed E-state index contributed by atoms with van der Waals surface area (Å²) in [5, 5.41) is 3.89. The molecule has 0 N–H and O–H groups in total. The van der Waals surface area contributed by atoms with Gasteiger partial charge < -0.3 is 19.1 Å². The highest BCUT2D eigenvalue weighted by molar-refractivity contribution is 5.97. The summed E-state index contributed by atoms with van der Waals surface area (Å²) in [6.45, 7) is 6.96. The van der Waals surface area contributed by atoms with Crippen molar-refractivity contribution in [1.29, 1.82) is 0 Å². The van der Waals surface area contributed by atoms with E-state index in [1.54, 1.807) is 13.1 Å². The Bertz CT molecular complexity index is 1020. The van der Waals surface area contributed by atoms with E-state index in [0.717, 1.165) is 24.3 Å². The van der Waals surface area contributed by atoms with Crippen LogP contribution in [-0.2, 0) is 0 Å². The maximum absolute atomic E-state index is 13.2. The summed E-state index contributed by atoms with van der Waals surface area (Å²) in [5.74, 6) is 2.46. The van der Waals surface area contributed by atoms with E-state index in [0.29, 0.717) is 49.3 Å². The molecule has 8 heteroatoms. The summed E-state index contributed by atoms with van der Waals surface area (Å²) in [7, 11) is 0. The molecule has 156 valence electrons. The van der Waals surface area contributed by atoms with Gasteiger partial charge in [-0.15, -0.1) is 0 Å². The summed E-state index contributed by atoms with van der Waals surface area (Å²) in [6.07, 6.45) is 2.59. The molecule has 0 radical (unpaired) electrons. The number of para-hydroxylation sites is 1. The molecule has 3 aromatic rings. The van der Waals surface area contributed by atoms with Gasteiger partial charge in [-0.2, -0.15) is 4.98 Å². The number of carbonyl (C=O) groups is 1. The molecule has 1 amide bonds. The van der Waals surface area contributed by atoms with Crippen LogP contribution in [-0.4, -0.2) is 58.7 Å². The Morgan fingerprint density at radius 2 is 2.00 bits per heavy atom. The summed E-state index contributed by atoms with van der Waals surface area (Å²) in [4.78, 5) is 26.1. The SMILES string of the molecule is CCOc1ccccc1C(=O)N1CCCN(c2ncccc2-c2nc(C)no2)CC1. The number of hydrogen-bond acceptors (Lipinski definition) is 7. The molecule has 1 aliphatic rings. The predicted octanol–water partition coefficient (Wildman–Crippen LogP) is 3.19.